The van der Waals surface area contributed by atoms with Crippen molar-refractivity contribution >= 4 is 18.6 Å². The van der Waals surface area contributed by atoms with Crippen molar-refractivity contribution in [1.82, 2.24) is 29.2 Å². The molecule has 2 aromatic rings. The van der Waals surface area contributed by atoms with Crippen LogP contribution in [0.15, 0.2) is 24.3 Å². The number of hydrogen-bond donors (Lipinski definition) is 0. The Kier molecular flexibility index (Phi) is 4.35. The number of rotatable bonds is 5. The van der Waals surface area contributed by atoms with Crippen LogP contribution in [0.4, 0.5) is 4.20 Å². The zero-order valence-corrected chi connectivity index (χ0v) is 16.6. The molecule has 1 aromatic heterocycles. The van der Waals surface area contributed by atoms with Gasteiger partial charge in [0.25, 0.3) is 0 Å². The number of fused-ring (bicyclic) bond motifs is 1. The second-order valence-corrected chi connectivity index (χ2v) is 11.3. The molecule has 0 unspecified atom stereocenters. The molecule has 9 heteroatoms. The van der Waals surface area contributed by atoms with Crippen LogP contribution in [0.2, 0.25) is 0 Å². The predicted octanol–water partition coefficient (Wildman–Crippen LogP) is 3.25. The molecule has 1 aromatic carbocycles. The number of aromatic nitrogens is 3. The molecule has 148 valence electrons. The van der Waals surface area contributed by atoms with Gasteiger partial charge in [0.2, 0.25) is 0 Å². The molecule has 4 heterocycles. The van der Waals surface area contributed by atoms with Gasteiger partial charge in [-0.1, -0.05) is 0 Å². The van der Waals surface area contributed by atoms with E-state index in [1.807, 2.05) is 38.3 Å². The molecule has 0 radical (unpaired) electrons. The van der Waals surface area contributed by atoms with E-state index in [-0.39, 0.29) is 0 Å². The Morgan fingerprint density at radius 1 is 0.778 bits per heavy atom. The average Bonchev–Trinajstić information content (AvgIpc) is 3.51. The van der Waals surface area contributed by atoms with Gasteiger partial charge >= 0.3 is 159 Å². The molecule has 0 bridgehead atoms. The van der Waals surface area contributed by atoms with Crippen molar-refractivity contribution in [1.29, 1.82) is 0 Å². The fraction of sp³-hybridized carbons (Fsp3) is 0.667. The number of benzene rings is 1. The van der Waals surface area contributed by atoms with E-state index in [9.17, 15) is 0 Å². The Bertz CT molecular complexity index is 769. The van der Waals surface area contributed by atoms with Crippen LogP contribution in [0, 0.1) is 0 Å². The molecule has 0 saturated carbocycles. The second-order valence-electron chi connectivity index (χ2n) is 7.82. The van der Waals surface area contributed by atoms with Crippen molar-refractivity contribution in [2.45, 2.75) is 38.5 Å². The number of para-hydroxylation sites is 1. The van der Waals surface area contributed by atoms with E-state index in [1.165, 1.54) is 4.85 Å². The van der Waals surface area contributed by atoms with Gasteiger partial charge in [0.1, 0.15) is 0 Å². The van der Waals surface area contributed by atoms with Gasteiger partial charge in [-0.3, -0.25) is 0 Å². The van der Waals surface area contributed by atoms with Crippen LogP contribution in [0.25, 0.3) is 11.0 Å². The molecule has 5 rings (SSSR count). The van der Waals surface area contributed by atoms with Gasteiger partial charge in [0.15, 0.2) is 0 Å². The molecule has 7 nitrogen and oxygen atoms in total. The molecule has 3 fully saturated rings. The summed E-state index contributed by atoms with van der Waals surface area (Å²) in [5.74, 6) is 0. The van der Waals surface area contributed by atoms with Crippen LogP contribution in [0.1, 0.15) is 38.5 Å². The van der Waals surface area contributed by atoms with Crippen LogP contribution >= 0.6 is 7.59 Å². The van der Waals surface area contributed by atoms with Gasteiger partial charge in [0, 0.05) is 0 Å². The van der Waals surface area contributed by atoms with Gasteiger partial charge in [-0.25, -0.2) is 0 Å². The quantitative estimate of drug-likeness (QED) is 0.726. The normalized spacial score (nSPS) is 24.6. The third-order valence-electron chi connectivity index (χ3n) is 6.21. The van der Waals surface area contributed by atoms with E-state index in [2.05, 4.69) is 10.3 Å². The van der Waals surface area contributed by atoms with E-state index in [4.69, 9.17) is 4.62 Å². The summed E-state index contributed by atoms with van der Waals surface area (Å²) in [4.78, 5) is 1.36. The molecule has 0 N–H and O–H groups in total. The fourth-order valence-electron chi connectivity index (χ4n) is 4.84. The Labute approximate surface area is 159 Å². The Morgan fingerprint density at radius 2 is 1.26 bits per heavy atom. The summed E-state index contributed by atoms with van der Waals surface area (Å²) in [5, 5.41) is 8.40. The summed E-state index contributed by atoms with van der Waals surface area (Å²) in [6.45, 7) is 4.46. The van der Waals surface area contributed by atoms with Crippen molar-refractivity contribution in [2.75, 3.05) is 39.3 Å². The molecule has 3 aliphatic heterocycles. The minimum absolute atomic E-state index is 0.724. The van der Waals surface area contributed by atoms with E-state index >= 15 is 4.20 Å². The van der Waals surface area contributed by atoms with Crippen molar-refractivity contribution in [3.05, 3.63) is 24.3 Å². The molecule has 3 aliphatic rings. The maximum absolute atomic E-state index is 18.0. The van der Waals surface area contributed by atoms with Gasteiger partial charge in [-0.05, 0) is 0 Å². The van der Waals surface area contributed by atoms with Crippen LogP contribution in [0.3, 0.4) is 0 Å². The van der Waals surface area contributed by atoms with E-state index in [0.717, 1.165) is 88.8 Å². The van der Waals surface area contributed by atoms with E-state index < -0.39 is 7.59 Å². The fourth-order valence-corrected chi connectivity index (χ4v) is 9.48. The summed E-state index contributed by atoms with van der Waals surface area (Å²) in [6, 6.07) is 7.61. The third-order valence-corrected chi connectivity index (χ3v) is 10.7. The van der Waals surface area contributed by atoms with Gasteiger partial charge in [-0.2, -0.15) is 0 Å². The van der Waals surface area contributed by atoms with Gasteiger partial charge in [0.05, 0.1) is 0 Å². The molecule has 0 aliphatic carbocycles. The average molecular weight is 394 g/mol. The molecular formula is C18H28FN6OP. The first-order chi connectivity index (χ1) is 13.2. The standard InChI is InChI=1S/C18H28FN6OP/c19-27(22-11-3-4-12-22,23-13-5-6-14-23,24-15-7-8-16-24)26-25-18-10-2-1-9-17(18)20-21-25/h1-2,9-10H,3-8,11-16H2. The summed E-state index contributed by atoms with van der Waals surface area (Å²) in [7, 11) is -4.47. The first-order valence-corrected chi connectivity index (χ1v) is 12.1. The minimum atomic E-state index is -4.47. The van der Waals surface area contributed by atoms with Crippen molar-refractivity contribution in [3.63, 3.8) is 0 Å². The number of hydrogen-bond acceptors (Lipinski definition) is 6. The van der Waals surface area contributed by atoms with Crippen molar-refractivity contribution in [3.8, 4) is 0 Å². The zero-order valence-electron chi connectivity index (χ0n) is 15.7. The molecule has 0 spiro atoms. The van der Waals surface area contributed by atoms with Crippen LogP contribution < -0.4 is 4.62 Å². The van der Waals surface area contributed by atoms with Crippen LogP contribution in [-0.2, 0) is 0 Å². The topological polar surface area (TPSA) is 49.7 Å². The summed E-state index contributed by atoms with van der Waals surface area (Å²) in [5.41, 5.74) is 1.45. The van der Waals surface area contributed by atoms with Crippen LogP contribution in [0.5, 0.6) is 0 Å². The molecule has 27 heavy (non-hydrogen) atoms. The van der Waals surface area contributed by atoms with Crippen LogP contribution in [-0.4, -0.2) is 68.4 Å². The summed E-state index contributed by atoms with van der Waals surface area (Å²) in [6.07, 6.45) is 6.11. The maximum atomic E-state index is 18.0. The molecular weight excluding hydrogens is 366 g/mol. The zero-order chi connectivity index (χ0) is 18.3. The van der Waals surface area contributed by atoms with E-state index in [1.54, 1.807) is 0 Å². The Balaban J connectivity index is 1.66. The first-order valence-electron chi connectivity index (χ1n) is 10.2. The monoisotopic (exact) mass is 394 g/mol. The Hall–Kier alpha value is -1.34. The van der Waals surface area contributed by atoms with Gasteiger partial charge in [-0.15, -0.1) is 0 Å². The van der Waals surface area contributed by atoms with Gasteiger partial charge < -0.3 is 0 Å². The van der Waals surface area contributed by atoms with Crippen molar-refractivity contribution in [2.24, 2.45) is 0 Å². The molecule has 0 atom stereocenters. The summed E-state index contributed by atoms with van der Waals surface area (Å²) < 4.78 is 30.5. The number of nitrogens with zero attached hydrogens (tertiary/aromatic N) is 6. The predicted molar refractivity (Wildman–Crippen MR) is 105 cm³/mol. The Morgan fingerprint density at radius 3 is 1.78 bits per heavy atom. The number of halogens is 1. The molecule has 3 saturated heterocycles. The third kappa shape index (κ3) is 2.61. The van der Waals surface area contributed by atoms with E-state index in [0.29, 0.717) is 0 Å². The molecule has 0 amide bonds. The summed E-state index contributed by atoms with van der Waals surface area (Å²) >= 11 is 0. The second kappa shape index (κ2) is 6.62. The SMILES string of the molecule is FP(On1nnc2ccccc21)(N1CCCC1)(N1CCCC1)N1CCCC1. The first kappa shape index (κ1) is 17.7. The van der Waals surface area contributed by atoms with Crippen molar-refractivity contribution < 1.29 is 8.82 Å².